The van der Waals surface area contributed by atoms with E-state index in [0.29, 0.717) is 5.75 Å². The molecule has 2 heteroatoms. The largest absolute Gasteiger partial charge is 1.00 e. The SMILES string of the molecule is CCCCc1ccc(-c2ccc(O)cc2)cc1.[H-].[Na+]. The van der Waals surface area contributed by atoms with Crippen molar-refractivity contribution >= 4 is 0 Å². The molecule has 90 valence electrons. The second kappa shape index (κ2) is 7.63. The van der Waals surface area contributed by atoms with Gasteiger partial charge in [0, 0.05) is 0 Å². The van der Waals surface area contributed by atoms with Gasteiger partial charge in [-0.3, -0.25) is 0 Å². The number of benzene rings is 2. The van der Waals surface area contributed by atoms with Crippen LogP contribution in [0.3, 0.4) is 0 Å². The number of unbranched alkanes of at least 4 members (excludes halogenated alkanes) is 1. The van der Waals surface area contributed by atoms with Crippen LogP contribution in [0.25, 0.3) is 11.1 Å². The molecule has 0 unspecified atom stereocenters. The van der Waals surface area contributed by atoms with Crippen molar-refractivity contribution in [2.45, 2.75) is 26.2 Å². The number of hydrogen-bond acceptors (Lipinski definition) is 1. The molecular weight excluding hydrogens is 231 g/mol. The van der Waals surface area contributed by atoms with Crippen LogP contribution in [-0.2, 0) is 6.42 Å². The molecule has 0 saturated heterocycles. The molecule has 0 aliphatic heterocycles. The van der Waals surface area contributed by atoms with Gasteiger partial charge < -0.3 is 6.53 Å². The predicted molar refractivity (Wildman–Crippen MR) is 73.3 cm³/mol. The summed E-state index contributed by atoms with van der Waals surface area (Å²) in [6, 6.07) is 16.0. The van der Waals surface area contributed by atoms with Crippen LogP contribution in [0.1, 0.15) is 26.8 Å². The smallest absolute Gasteiger partial charge is 1.00 e. The molecule has 1 N–H and O–H groups in total. The Kier molecular flexibility index (Phi) is 6.48. The van der Waals surface area contributed by atoms with E-state index in [1.54, 1.807) is 12.1 Å². The van der Waals surface area contributed by atoms with E-state index >= 15 is 0 Å². The molecule has 0 atom stereocenters. The standard InChI is InChI=1S/C16H18O.Na.H/c1-2-3-4-13-5-7-14(8-6-13)15-9-11-16(17)12-10-15;;/h5-12,17H,2-4H2,1H3;;/q;+1;-1. The van der Waals surface area contributed by atoms with Gasteiger partial charge in [-0.2, -0.15) is 0 Å². The Morgan fingerprint density at radius 3 is 1.89 bits per heavy atom. The first kappa shape index (κ1) is 15.3. The summed E-state index contributed by atoms with van der Waals surface area (Å²) in [6.45, 7) is 2.21. The van der Waals surface area contributed by atoms with E-state index in [-0.39, 0.29) is 31.0 Å². The molecule has 0 aliphatic rings. The monoisotopic (exact) mass is 250 g/mol. The van der Waals surface area contributed by atoms with Crippen LogP contribution in [0.2, 0.25) is 0 Å². The van der Waals surface area contributed by atoms with Gasteiger partial charge in [-0.05, 0) is 41.7 Å². The number of rotatable bonds is 4. The molecule has 0 fully saturated rings. The molecule has 0 spiro atoms. The van der Waals surface area contributed by atoms with E-state index in [1.165, 1.54) is 24.0 Å². The normalized spacial score (nSPS) is 9.83. The fraction of sp³-hybridized carbons (Fsp3) is 0.250. The zero-order valence-electron chi connectivity index (χ0n) is 12.2. The minimum atomic E-state index is 0. The third-order valence-electron chi connectivity index (χ3n) is 2.97. The number of phenolic OH excluding ortho intramolecular Hbond substituents is 1. The van der Waals surface area contributed by atoms with Crippen molar-refractivity contribution < 1.29 is 36.1 Å². The van der Waals surface area contributed by atoms with Gasteiger partial charge in [0.25, 0.3) is 0 Å². The van der Waals surface area contributed by atoms with Crippen LogP contribution >= 0.6 is 0 Å². The number of hydrogen-bond donors (Lipinski definition) is 1. The molecular formula is C16H19NaO. The van der Waals surface area contributed by atoms with Crippen molar-refractivity contribution in [2.75, 3.05) is 0 Å². The Bertz CT molecular complexity index is 465. The minimum absolute atomic E-state index is 0. The fourth-order valence-electron chi connectivity index (χ4n) is 1.90. The molecule has 2 rings (SSSR count). The summed E-state index contributed by atoms with van der Waals surface area (Å²) in [6.07, 6.45) is 3.64. The van der Waals surface area contributed by atoms with Crippen molar-refractivity contribution in [3.63, 3.8) is 0 Å². The van der Waals surface area contributed by atoms with E-state index in [1.807, 2.05) is 12.1 Å². The molecule has 18 heavy (non-hydrogen) atoms. The zero-order chi connectivity index (χ0) is 12.1. The van der Waals surface area contributed by atoms with Crippen molar-refractivity contribution in [2.24, 2.45) is 0 Å². The average Bonchev–Trinajstić information content (AvgIpc) is 2.38. The quantitative estimate of drug-likeness (QED) is 0.816. The Morgan fingerprint density at radius 1 is 0.889 bits per heavy atom. The molecule has 0 aliphatic carbocycles. The summed E-state index contributed by atoms with van der Waals surface area (Å²) in [4.78, 5) is 0. The maximum atomic E-state index is 9.24. The van der Waals surface area contributed by atoms with Crippen LogP contribution in [0.5, 0.6) is 5.75 Å². The van der Waals surface area contributed by atoms with Crippen molar-refractivity contribution in [3.05, 3.63) is 54.1 Å². The summed E-state index contributed by atoms with van der Waals surface area (Å²) in [5, 5.41) is 9.24. The van der Waals surface area contributed by atoms with Crippen molar-refractivity contribution in [1.29, 1.82) is 0 Å². The van der Waals surface area contributed by atoms with Crippen LogP contribution < -0.4 is 29.6 Å². The van der Waals surface area contributed by atoms with E-state index in [0.717, 1.165) is 12.0 Å². The maximum absolute atomic E-state index is 9.24. The predicted octanol–water partition coefficient (Wildman–Crippen LogP) is 1.52. The third-order valence-corrected chi connectivity index (χ3v) is 2.97. The van der Waals surface area contributed by atoms with Crippen LogP contribution in [0.4, 0.5) is 0 Å². The van der Waals surface area contributed by atoms with Gasteiger partial charge in [-0.1, -0.05) is 49.7 Å². The molecule has 2 aromatic rings. The fourth-order valence-corrected chi connectivity index (χ4v) is 1.90. The first-order chi connectivity index (χ1) is 8.29. The molecule has 0 heterocycles. The van der Waals surface area contributed by atoms with Crippen LogP contribution in [0, 0.1) is 0 Å². The van der Waals surface area contributed by atoms with Crippen LogP contribution in [0.15, 0.2) is 48.5 Å². The second-order valence-corrected chi connectivity index (χ2v) is 4.35. The van der Waals surface area contributed by atoms with Gasteiger partial charge in [-0.25, -0.2) is 0 Å². The first-order valence-electron chi connectivity index (χ1n) is 6.18. The topological polar surface area (TPSA) is 20.2 Å². The Morgan fingerprint density at radius 2 is 1.39 bits per heavy atom. The molecule has 0 aromatic heterocycles. The Balaban J connectivity index is 0.00000162. The average molecular weight is 250 g/mol. The second-order valence-electron chi connectivity index (χ2n) is 4.35. The van der Waals surface area contributed by atoms with Gasteiger partial charge in [0.15, 0.2) is 0 Å². The molecule has 0 radical (unpaired) electrons. The summed E-state index contributed by atoms with van der Waals surface area (Å²) in [7, 11) is 0. The van der Waals surface area contributed by atoms with Crippen molar-refractivity contribution in [1.82, 2.24) is 0 Å². The molecule has 0 amide bonds. The molecule has 0 saturated carbocycles. The minimum Gasteiger partial charge on any atom is -1.00 e. The molecule has 0 bridgehead atoms. The van der Waals surface area contributed by atoms with Crippen LogP contribution in [-0.4, -0.2) is 5.11 Å². The van der Waals surface area contributed by atoms with Gasteiger partial charge in [0.05, 0.1) is 0 Å². The van der Waals surface area contributed by atoms with Gasteiger partial charge >= 0.3 is 29.6 Å². The van der Waals surface area contributed by atoms with E-state index in [9.17, 15) is 5.11 Å². The first-order valence-corrected chi connectivity index (χ1v) is 6.18. The van der Waals surface area contributed by atoms with Gasteiger partial charge in [-0.15, -0.1) is 0 Å². The summed E-state index contributed by atoms with van der Waals surface area (Å²) < 4.78 is 0. The number of aryl methyl sites for hydroxylation is 1. The Hall–Kier alpha value is -0.760. The molecule has 1 nitrogen and oxygen atoms in total. The van der Waals surface area contributed by atoms with Gasteiger partial charge in [0.2, 0.25) is 0 Å². The van der Waals surface area contributed by atoms with Gasteiger partial charge in [0.1, 0.15) is 5.75 Å². The number of phenols is 1. The molecule has 2 aromatic carbocycles. The Labute approximate surface area is 133 Å². The maximum Gasteiger partial charge on any atom is 1.00 e. The third kappa shape index (κ3) is 4.16. The van der Waals surface area contributed by atoms with E-state index in [4.69, 9.17) is 0 Å². The summed E-state index contributed by atoms with van der Waals surface area (Å²) in [5.74, 6) is 0.313. The van der Waals surface area contributed by atoms with E-state index in [2.05, 4.69) is 31.2 Å². The number of aromatic hydroxyl groups is 1. The summed E-state index contributed by atoms with van der Waals surface area (Å²) >= 11 is 0. The van der Waals surface area contributed by atoms with Crippen molar-refractivity contribution in [3.8, 4) is 16.9 Å². The zero-order valence-corrected chi connectivity index (χ0v) is 13.2. The van der Waals surface area contributed by atoms with E-state index < -0.39 is 0 Å². The summed E-state index contributed by atoms with van der Waals surface area (Å²) in [5.41, 5.74) is 3.74.